The van der Waals surface area contributed by atoms with Crippen LogP contribution in [0.2, 0.25) is 0 Å². The molecular weight excluding hydrogens is 500 g/mol. The predicted octanol–water partition coefficient (Wildman–Crippen LogP) is 4.02. The summed E-state index contributed by atoms with van der Waals surface area (Å²) in [6.07, 6.45) is 0.258. The predicted molar refractivity (Wildman–Crippen MR) is 137 cm³/mol. The fourth-order valence-corrected chi connectivity index (χ4v) is 5.26. The van der Waals surface area contributed by atoms with Crippen molar-refractivity contribution in [2.45, 2.75) is 37.8 Å². The number of nitrogens with zero attached hydrogens (tertiary/aromatic N) is 2. The number of carbonyl (C=O) groups is 2. The van der Waals surface area contributed by atoms with E-state index in [4.69, 9.17) is 0 Å². The first-order valence-electron chi connectivity index (χ1n) is 11.7. The summed E-state index contributed by atoms with van der Waals surface area (Å²) in [5.41, 5.74) is 1.50. The van der Waals surface area contributed by atoms with E-state index in [9.17, 15) is 26.8 Å². The number of carbonyl (C=O) groups excluding carboxylic acids is 2. The third kappa shape index (κ3) is 6.71. The van der Waals surface area contributed by atoms with Gasteiger partial charge < -0.3 is 10.2 Å². The van der Waals surface area contributed by atoms with Gasteiger partial charge in [-0.15, -0.1) is 0 Å². The molecule has 196 valence electrons. The van der Waals surface area contributed by atoms with Crippen molar-refractivity contribution < 1.29 is 26.8 Å². The van der Waals surface area contributed by atoms with Gasteiger partial charge in [-0.25, -0.2) is 17.2 Å². The van der Waals surface area contributed by atoms with Crippen LogP contribution in [0.3, 0.4) is 0 Å². The van der Waals surface area contributed by atoms with E-state index in [2.05, 4.69) is 5.32 Å². The van der Waals surface area contributed by atoms with Gasteiger partial charge >= 0.3 is 0 Å². The van der Waals surface area contributed by atoms with Crippen LogP contribution in [0.1, 0.15) is 24.5 Å². The van der Waals surface area contributed by atoms with E-state index in [0.29, 0.717) is 5.56 Å². The second-order valence-electron chi connectivity index (χ2n) is 8.49. The average molecular weight is 530 g/mol. The summed E-state index contributed by atoms with van der Waals surface area (Å²) in [5.74, 6) is -2.09. The van der Waals surface area contributed by atoms with E-state index in [0.717, 1.165) is 22.0 Å². The van der Waals surface area contributed by atoms with Gasteiger partial charge in [0.1, 0.15) is 24.2 Å². The van der Waals surface area contributed by atoms with Crippen LogP contribution in [0.4, 0.5) is 14.5 Å². The summed E-state index contributed by atoms with van der Waals surface area (Å²) in [5, 5.41) is 2.53. The summed E-state index contributed by atoms with van der Waals surface area (Å²) in [6.45, 7) is 2.85. The minimum absolute atomic E-state index is 0.0429. The first kappa shape index (κ1) is 27.8. The molecule has 0 saturated carbocycles. The zero-order valence-corrected chi connectivity index (χ0v) is 21.6. The topological polar surface area (TPSA) is 86.8 Å². The molecule has 10 heteroatoms. The minimum atomic E-state index is -4.24. The fourth-order valence-electron chi connectivity index (χ4n) is 3.85. The molecule has 0 aliphatic heterocycles. The maximum absolute atomic E-state index is 13.7. The number of amides is 2. The molecule has 7 nitrogen and oxygen atoms in total. The maximum Gasteiger partial charge on any atom is 0.264 e. The minimum Gasteiger partial charge on any atom is -0.357 e. The van der Waals surface area contributed by atoms with Gasteiger partial charge in [0.25, 0.3) is 10.0 Å². The van der Waals surface area contributed by atoms with Crippen LogP contribution in [0.25, 0.3) is 0 Å². The van der Waals surface area contributed by atoms with Gasteiger partial charge in [-0.2, -0.15) is 0 Å². The van der Waals surface area contributed by atoms with Gasteiger partial charge in [-0.1, -0.05) is 36.8 Å². The Kier molecular flexibility index (Phi) is 8.99. The average Bonchev–Trinajstić information content (AvgIpc) is 2.88. The van der Waals surface area contributed by atoms with Crippen molar-refractivity contribution >= 4 is 27.5 Å². The van der Waals surface area contributed by atoms with E-state index >= 15 is 0 Å². The summed E-state index contributed by atoms with van der Waals surface area (Å²) in [4.78, 5) is 27.6. The monoisotopic (exact) mass is 529 g/mol. The molecule has 2 amide bonds. The molecule has 3 aromatic carbocycles. The molecule has 0 aliphatic rings. The number of hydrogen-bond donors (Lipinski definition) is 1. The Morgan fingerprint density at radius 2 is 1.43 bits per heavy atom. The highest BCUT2D eigenvalue weighted by Gasteiger charge is 2.33. The molecule has 3 rings (SSSR count). The highest BCUT2D eigenvalue weighted by atomic mass is 32.2. The summed E-state index contributed by atoms with van der Waals surface area (Å²) in [6, 6.07) is 15.5. The van der Waals surface area contributed by atoms with Crippen molar-refractivity contribution in [3.05, 3.63) is 95.6 Å². The number of halogens is 2. The standard InChI is InChI=1S/C27H29F2N3O4S/c1-4-25(27(34)30-3)31(17-20-7-9-21(28)10-8-20)26(33)18-32(23-13-11-22(29)12-14-23)37(35,36)24-15-5-19(2)6-16-24/h5-16,25H,4,17-18H2,1-3H3,(H,30,34)/t25-/m1/s1. The summed E-state index contributed by atoms with van der Waals surface area (Å²) in [7, 11) is -2.79. The molecule has 0 heterocycles. The first-order chi connectivity index (χ1) is 17.6. The number of benzene rings is 3. The van der Waals surface area contributed by atoms with Crippen molar-refractivity contribution in [2.24, 2.45) is 0 Å². The Bertz CT molecular complexity index is 1330. The van der Waals surface area contributed by atoms with Gasteiger partial charge in [0.2, 0.25) is 11.8 Å². The Labute approximate surface area is 215 Å². The number of rotatable bonds is 10. The molecule has 37 heavy (non-hydrogen) atoms. The molecule has 0 spiro atoms. The normalized spacial score (nSPS) is 12.0. The lowest BCUT2D eigenvalue weighted by Gasteiger charge is -2.33. The first-order valence-corrected chi connectivity index (χ1v) is 13.1. The van der Waals surface area contributed by atoms with Gasteiger partial charge in [-0.05, 0) is 67.4 Å². The highest BCUT2D eigenvalue weighted by Crippen LogP contribution is 2.25. The second-order valence-corrected chi connectivity index (χ2v) is 10.3. The third-order valence-corrected chi connectivity index (χ3v) is 7.69. The molecule has 0 unspecified atom stereocenters. The number of sulfonamides is 1. The Balaban J connectivity index is 2.04. The molecule has 1 atom stereocenters. The van der Waals surface area contributed by atoms with Gasteiger partial charge in [0.05, 0.1) is 10.6 Å². The van der Waals surface area contributed by atoms with Crippen molar-refractivity contribution in [1.29, 1.82) is 0 Å². The molecule has 1 N–H and O–H groups in total. The number of anilines is 1. The molecule has 3 aromatic rings. The van der Waals surface area contributed by atoms with E-state index in [1.54, 1.807) is 19.1 Å². The zero-order chi connectivity index (χ0) is 27.2. The van der Waals surface area contributed by atoms with Crippen LogP contribution in [0.15, 0.2) is 77.7 Å². The van der Waals surface area contributed by atoms with Crippen LogP contribution in [0, 0.1) is 18.6 Å². The lowest BCUT2D eigenvalue weighted by atomic mass is 10.1. The lowest BCUT2D eigenvalue weighted by Crippen LogP contribution is -2.51. The van der Waals surface area contributed by atoms with Crippen molar-refractivity contribution in [3.8, 4) is 0 Å². The van der Waals surface area contributed by atoms with Crippen LogP contribution >= 0.6 is 0 Å². The molecule has 0 radical (unpaired) electrons. The van der Waals surface area contributed by atoms with Gasteiger partial charge in [0.15, 0.2) is 0 Å². The fraction of sp³-hybridized carbons (Fsp3) is 0.259. The van der Waals surface area contributed by atoms with Crippen LogP contribution in [0.5, 0.6) is 0 Å². The third-order valence-electron chi connectivity index (χ3n) is 5.90. The number of likely N-dealkylation sites (N-methyl/N-ethyl adjacent to an activating group) is 1. The van der Waals surface area contributed by atoms with Crippen molar-refractivity contribution in [1.82, 2.24) is 10.2 Å². The van der Waals surface area contributed by atoms with Gasteiger partial charge in [-0.3, -0.25) is 13.9 Å². The maximum atomic E-state index is 13.7. The second kappa shape index (κ2) is 12.0. The molecule has 0 saturated heterocycles. The number of hydrogen-bond acceptors (Lipinski definition) is 4. The molecule has 0 bridgehead atoms. The van der Waals surface area contributed by atoms with E-state index in [1.807, 2.05) is 6.92 Å². The highest BCUT2D eigenvalue weighted by molar-refractivity contribution is 7.92. The molecule has 0 aliphatic carbocycles. The Morgan fingerprint density at radius 1 is 0.892 bits per heavy atom. The molecular formula is C27H29F2N3O4S. The molecule has 0 aromatic heterocycles. The number of nitrogens with one attached hydrogen (secondary N) is 1. The van der Waals surface area contributed by atoms with Gasteiger partial charge in [0, 0.05) is 13.6 Å². The lowest BCUT2D eigenvalue weighted by molar-refractivity contribution is -0.140. The SMILES string of the molecule is CC[C@H](C(=O)NC)N(Cc1ccc(F)cc1)C(=O)CN(c1ccc(F)cc1)S(=O)(=O)c1ccc(C)cc1. The summed E-state index contributed by atoms with van der Waals surface area (Å²) >= 11 is 0. The van der Waals surface area contributed by atoms with Crippen molar-refractivity contribution in [3.63, 3.8) is 0 Å². The Hall–Kier alpha value is -3.79. The quantitative estimate of drug-likeness (QED) is 0.430. The summed E-state index contributed by atoms with van der Waals surface area (Å²) < 4.78 is 55.3. The molecule has 0 fully saturated rings. The van der Waals surface area contributed by atoms with Crippen LogP contribution < -0.4 is 9.62 Å². The largest absolute Gasteiger partial charge is 0.357 e. The van der Waals surface area contributed by atoms with E-state index in [1.165, 1.54) is 60.5 Å². The smallest absolute Gasteiger partial charge is 0.264 e. The van der Waals surface area contributed by atoms with E-state index in [-0.39, 0.29) is 23.5 Å². The van der Waals surface area contributed by atoms with Crippen molar-refractivity contribution in [2.75, 3.05) is 17.9 Å². The Morgan fingerprint density at radius 3 is 1.95 bits per heavy atom. The van der Waals surface area contributed by atoms with E-state index < -0.39 is 46.1 Å². The zero-order valence-electron chi connectivity index (χ0n) is 20.8. The van der Waals surface area contributed by atoms with Crippen LogP contribution in [-0.4, -0.2) is 44.8 Å². The van der Waals surface area contributed by atoms with Crippen LogP contribution in [-0.2, 0) is 26.2 Å². The number of aryl methyl sites for hydroxylation is 1.